The molecule has 0 aromatic heterocycles. The van der Waals surface area contributed by atoms with E-state index in [0.717, 1.165) is 38.0 Å². The zero-order chi connectivity index (χ0) is 18.6. The first kappa shape index (κ1) is 20.1. The van der Waals surface area contributed by atoms with Crippen LogP contribution in [0.5, 0.6) is 0 Å². The zero-order valence-electron chi connectivity index (χ0n) is 14.5. The van der Waals surface area contributed by atoms with Crippen molar-refractivity contribution in [3.63, 3.8) is 0 Å². The number of quaternary nitrogens is 1. The number of hydrogen-bond donors (Lipinski definition) is 2. The Morgan fingerprint density at radius 3 is 2.60 bits per heavy atom. The molecule has 0 saturated carbocycles. The summed E-state index contributed by atoms with van der Waals surface area (Å²) in [4.78, 5) is 11.8. The van der Waals surface area contributed by atoms with Crippen LogP contribution in [0, 0.1) is 23.0 Å². The molecular formula is C16H25ClN3O4S+. The van der Waals surface area contributed by atoms with E-state index in [1.807, 2.05) is 0 Å². The average Bonchev–Trinajstić information content (AvgIpc) is 2.55. The van der Waals surface area contributed by atoms with E-state index in [1.165, 1.54) is 30.7 Å². The molecule has 1 aromatic carbocycles. The van der Waals surface area contributed by atoms with Gasteiger partial charge in [0.2, 0.25) is 10.0 Å². The van der Waals surface area contributed by atoms with Crippen molar-refractivity contribution in [3.8, 4) is 0 Å². The molecule has 2 rings (SSSR count). The van der Waals surface area contributed by atoms with E-state index in [1.54, 1.807) is 0 Å². The zero-order valence-corrected chi connectivity index (χ0v) is 16.1. The minimum absolute atomic E-state index is 0.0708. The maximum atomic E-state index is 12.4. The van der Waals surface area contributed by atoms with Crippen LogP contribution in [0.4, 0.5) is 5.69 Å². The van der Waals surface area contributed by atoms with Crippen LogP contribution in [0.1, 0.15) is 31.7 Å². The van der Waals surface area contributed by atoms with Crippen LogP contribution >= 0.6 is 11.6 Å². The molecule has 140 valence electrons. The molecule has 0 amide bonds. The van der Waals surface area contributed by atoms with Crippen LogP contribution in [0.2, 0.25) is 5.02 Å². The third-order valence-electron chi connectivity index (χ3n) is 4.78. The molecule has 0 spiro atoms. The molecule has 1 saturated heterocycles. The number of nitro benzene ring substituents is 1. The van der Waals surface area contributed by atoms with E-state index in [4.69, 9.17) is 11.6 Å². The molecule has 1 aliphatic heterocycles. The average molecular weight is 391 g/mol. The molecule has 7 nitrogen and oxygen atoms in total. The van der Waals surface area contributed by atoms with Gasteiger partial charge in [-0.15, -0.1) is 0 Å². The molecule has 1 fully saturated rings. The molecule has 1 aliphatic rings. The quantitative estimate of drug-likeness (QED) is 0.419. The normalized spacial score (nSPS) is 21.2. The lowest BCUT2D eigenvalue weighted by atomic mass is 9.99. The highest BCUT2D eigenvalue weighted by atomic mass is 35.5. The van der Waals surface area contributed by atoms with E-state index in [0.29, 0.717) is 6.54 Å². The van der Waals surface area contributed by atoms with Gasteiger partial charge in [-0.05, 0) is 31.7 Å². The lowest BCUT2D eigenvalue weighted by Gasteiger charge is -2.27. The maximum Gasteiger partial charge on any atom is 0.275 e. The summed E-state index contributed by atoms with van der Waals surface area (Å²) >= 11 is 5.94. The highest BCUT2D eigenvalue weighted by molar-refractivity contribution is 7.89. The van der Waals surface area contributed by atoms with Gasteiger partial charge < -0.3 is 4.90 Å². The van der Waals surface area contributed by atoms with E-state index < -0.39 is 14.9 Å². The summed E-state index contributed by atoms with van der Waals surface area (Å²) < 4.78 is 27.2. The number of piperidine rings is 1. The fourth-order valence-corrected chi connectivity index (χ4v) is 4.43. The SMILES string of the molecule is Cc1c(Cl)cc(S(=O)(=O)NCCC[NH+]2CCC(C)CC2)cc1[N+](=O)[O-]. The molecular weight excluding hydrogens is 366 g/mol. The molecule has 1 heterocycles. The van der Waals surface area contributed by atoms with Crippen molar-refractivity contribution in [2.24, 2.45) is 5.92 Å². The molecule has 0 aliphatic carbocycles. The number of hydrogen-bond acceptors (Lipinski definition) is 4. The Kier molecular flexibility index (Phi) is 6.79. The molecule has 0 unspecified atom stereocenters. The lowest BCUT2D eigenvalue weighted by Crippen LogP contribution is -3.13. The van der Waals surface area contributed by atoms with Crippen molar-refractivity contribution >= 4 is 27.3 Å². The van der Waals surface area contributed by atoms with Gasteiger partial charge in [0.25, 0.3) is 5.69 Å². The van der Waals surface area contributed by atoms with Crippen LogP contribution < -0.4 is 9.62 Å². The fourth-order valence-electron chi connectivity index (χ4n) is 3.03. The summed E-state index contributed by atoms with van der Waals surface area (Å²) in [6.45, 7) is 7.25. The van der Waals surface area contributed by atoms with E-state index in [9.17, 15) is 18.5 Å². The Morgan fingerprint density at radius 2 is 2.00 bits per heavy atom. The number of nitrogens with zero attached hydrogens (tertiary/aromatic N) is 1. The molecule has 2 N–H and O–H groups in total. The maximum absolute atomic E-state index is 12.4. The van der Waals surface area contributed by atoms with Crippen molar-refractivity contribution in [3.05, 3.63) is 32.8 Å². The third-order valence-corrected chi connectivity index (χ3v) is 6.61. The Bertz CT molecular complexity index is 731. The predicted molar refractivity (Wildman–Crippen MR) is 96.6 cm³/mol. The van der Waals surface area contributed by atoms with Crippen molar-refractivity contribution in [1.82, 2.24) is 4.72 Å². The number of likely N-dealkylation sites (tertiary alicyclic amines) is 1. The molecule has 0 atom stereocenters. The van der Waals surface area contributed by atoms with Gasteiger partial charge >= 0.3 is 0 Å². The van der Waals surface area contributed by atoms with Gasteiger partial charge in [-0.25, -0.2) is 13.1 Å². The van der Waals surface area contributed by atoms with Gasteiger partial charge in [0, 0.05) is 24.6 Å². The highest BCUT2D eigenvalue weighted by Crippen LogP contribution is 2.29. The Labute approximate surface area is 153 Å². The lowest BCUT2D eigenvalue weighted by molar-refractivity contribution is -0.906. The smallest absolute Gasteiger partial charge is 0.275 e. The first-order chi connectivity index (χ1) is 11.7. The van der Waals surface area contributed by atoms with Gasteiger partial charge in [0.1, 0.15) is 0 Å². The van der Waals surface area contributed by atoms with Crippen LogP contribution in [0.15, 0.2) is 17.0 Å². The van der Waals surface area contributed by atoms with Crippen molar-refractivity contribution < 1.29 is 18.2 Å². The summed E-state index contributed by atoms with van der Waals surface area (Å²) in [5.74, 6) is 0.782. The fraction of sp³-hybridized carbons (Fsp3) is 0.625. The second kappa shape index (κ2) is 8.44. The summed E-state index contributed by atoms with van der Waals surface area (Å²) in [6, 6.07) is 2.31. The largest absolute Gasteiger partial charge is 0.335 e. The number of nitrogens with one attached hydrogen (secondary N) is 2. The standard InChI is InChI=1S/C16H24ClN3O4S/c1-12-4-8-19(9-5-12)7-3-6-18-25(23,24)14-10-15(17)13(2)16(11-14)20(21)22/h10-12,18H,3-9H2,1-2H3/p+1. The van der Waals surface area contributed by atoms with Gasteiger partial charge in [-0.1, -0.05) is 18.5 Å². The van der Waals surface area contributed by atoms with Crippen molar-refractivity contribution in [2.75, 3.05) is 26.2 Å². The van der Waals surface area contributed by atoms with Crippen molar-refractivity contribution in [1.29, 1.82) is 0 Å². The molecule has 25 heavy (non-hydrogen) atoms. The van der Waals surface area contributed by atoms with Crippen LogP contribution in [-0.4, -0.2) is 39.5 Å². The highest BCUT2D eigenvalue weighted by Gasteiger charge is 2.23. The number of benzene rings is 1. The molecule has 0 radical (unpaired) electrons. The summed E-state index contributed by atoms with van der Waals surface area (Å²) in [5.41, 5.74) is -0.0340. The Hall–Kier alpha value is -1.22. The Morgan fingerprint density at radius 1 is 1.36 bits per heavy atom. The molecule has 0 bridgehead atoms. The second-order valence-electron chi connectivity index (χ2n) is 6.74. The number of rotatable bonds is 7. The van der Waals surface area contributed by atoms with Gasteiger partial charge in [-0.3, -0.25) is 10.1 Å². The van der Waals surface area contributed by atoms with Crippen LogP contribution in [-0.2, 0) is 10.0 Å². The first-order valence-corrected chi connectivity index (χ1v) is 10.3. The third kappa shape index (κ3) is 5.37. The second-order valence-corrected chi connectivity index (χ2v) is 8.91. The summed E-state index contributed by atoms with van der Waals surface area (Å²) in [5, 5.41) is 11.1. The van der Waals surface area contributed by atoms with Gasteiger partial charge in [0.15, 0.2) is 0 Å². The topological polar surface area (TPSA) is 93.8 Å². The van der Waals surface area contributed by atoms with E-state index in [-0.39, 0.29) is 21.2 Å². The number of nitro groups is 1. The van der Waals surface area contributed by atoms with Gasteiger partial charge in [-0.2, -0.15) is 0 Å². The summed E-state index contributed by atoms with van der Waals surface area (Å²) in [6.07, 6.45) is 3.16. The summed E-state index contributed by atoms with van der Waals surface area (Å²) in [7, 11) is -3.82. The number of halogens is 1. The first-order valence-electron chi connectivity index (χ1n) is 8.48. The van der Waals surface area contributed by atoms with Crippen LogP contribution in [0.25, 0.3) is 0 Å². The monoisotopic (exact) mass is 390 g/mol. The predicted octanol–water partition coefficient (Wildman–Crippen LogP) is 1.54. The van der Waals surface area contributed by atoms with Crippen molar-refractivity contribution in [2.45, 2.75) is 38.0 Å². The van der Waals surface area contributed by atoms with E-state index >= 15 is 0 Å². The van der Waals surface area contributed by atoms with E-state index in [2.05, 4.69) is 11.6 Å². The molecule has 9 heteroatoms. The molecule has 1 aromatic rings. The minimum atomic E-state index is -3.82. The number of sulfonamides is 1. The minimum Gasteiger partial charge on any atom is -0.335 e. The van der Waals surface area contributed by atoms with Gasteiger partial charge in [0.05, 0.1) is 34.5 Å². The van der Waals surface area contributed by atoms with Crippen LogP contribution in [0.3, 0.4) is 0 Å². The Balaban J connectivity index is 1.94.